The Bertz CT molecular complexity index is 400. The molecule has 1 rings (SSSR count). The predicted octanol–water partition coefficient (Wildman–Crippen LogP) is 1.93. The summed E-state index contributed by atoms with van der Waals surface area (Å²) in [7, 11) is 1.53. The number of methoxy groups -OCH3 is 1. The van der Waals surface area contributed by atoms with Gasteiger partial charge in [-0.1, -0.05) is 37.3 Å². The maximum absolute atomic E-state index is 11.0. The van der Waals surface area contributed by atoms with Gasteiger partial charge in [-0.05, 0) is 11.6 Å². The van der Waals surface area contributed by atoms with Crippen molar-refractivity contribution < 1.29 is 19.4 Å². The van der Waals surface area contributed by atoms with Crippen LogP contribution in [0.5, 0.6) is 0 Å². The van der Waals surface area contributed by atoms with Crippen molar-refractivity contribution in [3.63, 3.8) is 0 Å². The number of hydrogen-bond donors (Lipinski definition) is 1. The number of ether oxygens (including phenoxy) is 2. The van der Waals surface area contributed by atoms with Crippen molar-refractivity contribution in [3.05, 3.63) is 47.7 Å². The zero-order valence-corrected chi connectivity index (χ0v) is 11.3. The Morgan fingerprint density at radius 2 is 2.05 bits per heavy atom. The molecular weight excluding hydrogens is 244 g/mol. The van der Waals surface area contributed by atoms with Crippen LogP contribution in [0.3, 0.4) is 0 Å². The van der Waals surface area contributed by atoms with Crippen LogP contribution in [0.25, 0.3) is 0 Å². The molecule has 0 bridgehead atoms. The van der Waals surface area contributed by atoms with Gasteiger partial charge in [-0.2, -0.15) is 0 Å². The molecule has 1 aromatic rings. The van der Waals surface area contributed by atoms with Crippen molar-refractivity contribution in [1.82, 2.24) is 0 Å². The maximum Gasteiger partial charge on any atom is 0.184 e. The van der Waals surface area contributed by atoms with Crippen molar-refractivity contribution in [3.8, 4) is 0 Å². The van der Waals surface area contributed by atoms with Crippen molar-refractivity contribution >= 4 is 6.29 Å². The second-order valence-corrected chi connectivity index (χ2v) is 4.32. The molecule has 104 valence electrons. The number of aliphatic hydroxyl groups is 1. The highest BCUT2D eigenvalue weighted by Crippen LogP contribution is 2.11. The standard InChI is InChI=1S/C15H20O4/c1-12(9-16)15(18-2)8-14(10-17)19-11-13-6-4-3-5-7-13/h3-8,10,12,15-16H,9,11H2,1-2H3/b14-8-/t12-,15+/m0/s1. The first-order valence-electron chi connectivity index (χ1n) is 6.18. The van der Waals surface area contributed by atoms with Crippen LogP contribution in [0.4, 0.5) is 0 Å². The molecule has 0 heterocycles. The first kappa shape index (κ1) is 15.4. The lowest BCUT2D eigenvalue weighted by Gasteiger charge is -2.18. The van der Waals surface area contributed by atoms with E-state index in [-0.39, 0.29) is 24.4 Å². The molecule has 19 heavy (non-hydrogen) atoms. The first-order valence-corrected chi connectivity index (χ1v) is 6.18. The van der Waals surface area contributed by atoms with Crippen molar-refractivity contribution in [1.29, 1.82) is 0 Å². The molecule has 0 aliphatic heterocycles. The third-order valence-corrected chi connectivity index (χ3v) is 2.81. The maximum atomic E-state index is 11.0. The summed E-state index contributed by atoms with van der Waals surface area (Å²) >= 11 is 0. The summed E-state index contributed by atoms with van der Waals surface area (Å²) in [5.74, 6) is 0.122. The Balaban J connectivity index is 2.64. The molecule has 1 aromatic carbocycles. The summed E-state index contributed by atoms with van der Waals surface area (Å²) < 4.78 is 10.6. The quantitative estimate of drug-likeness (QED) is 0.443. The molecule has 0 unspecified atom stereocenters. The van der Waals surface area contributed by atoms with Gasteiger partial charge in [-0.25, -0.2) is 0 Å². The monoisotopic (exact) mass is 264 g/mol. The number of hydrogen-bond acceptors (Lipinski definition) is 4. The van der Waals surface area contributed by atoms with Crippen LogP contribution in [0, 0.1) is 5.92 Å². The number of rotatable bonds is 8. The molecule has 2 atom stereocenters. The van der Waals surface area contributed by atoms with Gasteiger partial charge >= 0.3 is 0 Å². The molecule has 0 fully saturated rings. The van der Waals surface area contributed by atoms with E-state index in [0.29, 0.717) is 12.9 Å². The zero-order chi connectivity index (χ0) is 14.1. The largest absolute Gasteiger partial charge is 0.486 e. The summed E-state index contributed by atoms with van der Waals surface area (Å²) in [6.07, 6.45) is 1.90. The lowest BCUT2D eigenvalue weighted by Crippen LogP contribution is -2.22. The molecule has 1 N–H and O–H groups in total. The summed E-state index contributed by atoms with van der Waals surface area (Å²) in [5.41, 5.74) is 0.986. The number of carbonyl (C=O) groups is 1. The van der Waals surface area contributed by atoms with E-state index in [4.69, 9.17) is 14.6 Å². The minimum Gasteiger partial charge on any atom is -0.486 e. The minimum atomic E-state index is -0.346. The van der Waals surface area contributed by atoms with Gasteiger partial charge in [0.15, 0.2) is 12.0 Å². The van der Waals surface area contributed by atoms with Crippen LogP contribution in [-0.2, 0) is 20.9 Å². The third-order valence-electron chi connectivity index (χ3n) is 2.81. The molecule has 4 heteroatoms. The van der Waals surface area contributed by atoms with Crippen molar-refractivity contribution in [2.75, 3.05) is 13.7 Å². The predicted molar refractivity (Wildman–Crippen MR) is 72.4 cm³/mol. The van der Waals surface area contributed by atoms with Crippen LogP contribution in [0.1, 0.15) is 12.5 Å². The Kier molecular flexibility index (Phi) is 6.85. The van der Waals surface area contributed by atoms with Gasteiger partial charge in [-0.15, -0.1) is 0 Å². The van der Waals surface area contributed by atoms with Crippen molar-refractivity contribution in [2.45, 2.75) is 19.6 Å². The summed E-state index contributed by atoms with van der Waals surface area (Å²) in [6.45, 7) is 2.15. The van der Waals surface area contributed by atoms with Crippen LogP contribution in [0.15, 0.2) is 42.2 Å². The fourth-order valence-corrected chi connectivity index (χ4v) is 1.59. The normalized spacial score (nSPS) is 14.8. The Morgan fingerprint density at radius 1 is 1.37 bits per heavy atom. The van der Waals surface area contributed by atoms with Crippen LogP contribution >= 0.6 is 0 Å². The Hall–Kier alpha value is -1.65. The van der Waals surface area contributed by atoms with Crippen LogP contribution in [0.2, 0.25) is 0 Å². The number of carbonyl (C=O) groups excluding carboxylic acids is 1. The molecule has 0 saturated carbocycles. The van der Waals surface area contributed by atoms with Gasteiger partial charge < -0.3 is 14.6 Å². The van der Waals surface area contributed by atoms with E-state index in [2.05, 4.69) is 0 Å². The highest BCUT2D eigenvalue weighted by Gasteiger charge is 2.14. The highest BCUT2D eigenvalue weighted by atomic mass is 16.5. The molecule has 0 radical (unpaired) electrons. The topological polar surface area (TPSA) is 55.8 Å². The molecule has 4 nitrogen and oxygen atoms in total. The summed E-state index contributed by atoms with van der Waals surface area (Å²) in [6, 6.07) is 9.59. The van der Waals surface area contributed by atoms with Gasteiger partial charge in [0.05, 0.1) is 6.10 Å². The van der Waals surface area contributed by atoms with E-state index in [1.807, 2.05) is 37.3 Å². The lowest BCUT2D eigenvalue weighted by molar-refractivity contribution is -0.108. The summed E-state index contributed by atoms with van der Waals surface area (Å²) in [5, 5.41) is 9.09. The molecule has 0 aliphatic carbocycles. The smallest absolute Gasteiger partial charge is 0.184 e. The van der Waals surface area contributed by atoms with Gasteiger partial charge in [0.2, 0.25) is 0 Å². The average Bonchev–Trinajstić information content (AvgIpc) is 2.48. The van der Waals surface area contributed by atoms with Gasteiger partial charge in [0.1, 0.15) is 6.61 Å². The number of aldehydes is 1. The Labute approximate surface area is 113 Å². The first-order chi connectivity index (χ1) is 9.21. The molecule has 0 spiro atoms. The van der Waals surface area contributed by atoms with E-state index >= 15 is 0 Å². The van der Waals surface area contributed by atoms with Gasteiger partial charge in [-0.3, -0.25) is 4.79 Å². The second-order valence-electron chi connectivity index (χ2n) is 4.32. The number of allylic oxidation sites excluding steroid dienone is 1. The fourth-order valence-electron chi connectivity index (χ4n) is 1.59. The average molecular weight is 264 g/mol. The van der Waals surface area contributed by atoms with Crippen LogP contribution < -0.4 is 0 Å². The van der Waals surface area contributed by atoms with E-state index in [1.54, 1.807) is 6.08 Å². The molecule has 0 saturated heterocycles. The highest BCUT2D eigenvalue weighted by molar-refractivity contribution is 5.70. The minimum absolute atomic E-state index is 0.0141. The third kappa shape index (κ3) is 5.24. The molecule has 0 aromatic heterocycles. The van der Waals surface area contributed by atoms with E-state index in [1.165, 1.54) is 7.11 Å². The molecule has 0 amide bonds. The summed E-state index contributed by atoms with van der Waals surface area (Å²) in [4.78, 5) is 11.0. The molecular formula is C15H20O4. The SMILES string of the molecule is CO[C@H](/C=C(/C=O)OCc1ccccc1)[C@@H](C)CO. The van der Waals surface area contributed by atoms with E-state index in [0.717, 1.165) is 5.56 Å². The van der Waals surface area contributed by atoms with Crippen LogP contribution in [-0.4, -0.2) is 31.2 Å². The van der Waals surface area contributed by atoms with Crippen molar-refractivity contribution in [2.24, 2.45) is 5.92 Å². The van der Waals surface area contributed by atoms with E-state index < -0.39 is 0 Å². The second kappa shape index (κ2) is 8.45. The fraction of sp³-hybridized carbons (Fsp3) is 0.400. The Morgan fingerprint density at radius 3 is 2.58 bits per heavy atom. The zero-order valence-electron chi connectivity index (χ0n) is 11.3. The number of benzene rings is 1. The van der Waals surface area contributed by atoms with E-state index in [9.17, 15) is 4.79 Å². The van der Waals surface area contributed by atoms with Gasteiger partial charge in [0.25, 0.3) is 0 Å². The molecule has 0 aliphatic rings. The number of aliphatic hydroxyl groups excluding tert-OH is 1. The lowest BCUT2D eigenvalue weighted by atomic mass is 10.1. The van der Waals surface area contributed by atoms with Gasteiger partial charge in [0, 0.05) is 19.6 Å².